The summed E-state index contributed by atoms with van der Waals surface area (Å²) in [7, 11) is 0. The van der Waals surface area contributed by atoms with Gasteiger partial charge >= 0.3 is 11.9 Å². The lowest BCUT2D eigenvalue weighted by Crippen LogP contribution is -2.13. The second-order valence-corrected chi connectivity index (χ2v) is 2.72. The SMILES string of the molecule is C=CC(=O)OCC=CC(=O)OCC(C)O. The van der Waals surface area contributed by atoms with Gasteiger partial charge < -0.3 is 14.6 Å². The number of aliphatic hydroxyl groups excluding tert-OH is 1. The second-order valence-electron chi connectivity index (χ2n) is 2.72. The summed E-state index contributed by atoms with van der Waals surface area (Å²) < 4.78 is 9.17. The highest BCUT2D eigenvalue weighted by Crippen LogP contribution is 1.87. The van der Waals surface area contributed by atoms with Gasteiger partial charge in [0.2, 0.25) is 0 Å². The molecule has 0 radical (unpaired) electrons. The van der Waals surface area contributed by atoms with Crippen LogP contribution in [0.25, 0.3) is 0 Å². The lowest BCUT2D eigenvalue weighted by molar-refractivity contribution is -0.141. The number of ether oxygens (including phenoxy) is 2. The standard InChI is InChI=1S/C10H14O5/c1-3-9(12)14-6-4-5-10(13)15-7-8(2)11/h3-5,8,11H,1,6-7H2,2H3. The summed E-state index contributed by atoms with van der Waals surface area (Å²) in [6.45, 7) is 4.63. The quantitative estimate of drug-likeness (QED) is 0.505. The van der Waals surface area contributed by atoms with Gasteiger partial charge in [0.25, 0.3) is 0 Å². The zero-order valence-corrected chi connectivity index (χ0v) is 8.51. The summed E-state index contributed by atoms with van der Waals surface area (Å²) in [4.78, 5) is 21.4. The normalized spacial score (nSPS) is 12.1. The molecule has 84 valence electrons. The van der Waals surface area contributed by atoms with Crippen molar-refractivity contribution in [1.82, 2.24) is 0 Å². The molecule has 0 amide bonds. The maximum absolute atomic E-state index is 10.9. The van der Waals surface area contributed by atoms with E-state index in [4.69, 9.17) is 5.11 Å². The molecule has 0 aliphatic heterocycles. The van der Waals surface area contributed by atoms with E-state index < -0.39 is 18.0 Å². The van der Waals surface area contributed by atoms with Crippen molar-refractivity contribution in [3.8, 4) is 0 Å². The molecule has 0 heterocycles. The first-order valence-corrected chi connectivity index (χ1v) is 4.36. The second kappa shape index (κ2) is 7.75. The first-order valence-electron chi connectivity index (χ1n) is 4.36. The number of hydrogen-bond donors (Lipinski definition) is 1. The molecule has 0 aromatic carbocycles. The molecule has 0 aromatic heterocycles. The van der Waals surface area contributed by atoms with Gasteiger partial charge in [0.1, 0.15) is 13.2 Å². The van der Waals surface area contributed by atoms with Gasteiger partial charge in [-0.3, -0.25) is 0 Å². The third-order valence-corrected chi connectivity index (χ3v) is 1.21. The molecule has 0 aromatic rings. The van der Waals surface area contributed by atoms with E-state index in [1.165, 1.54) is 13.0 Å². The largest absolute Gasteiger partial charge is 0.460 e. The van der Waals surface area contributed by atoms with Gasteiger partial charge in [-0.1, -0.05) is 6.58 Å². The smallest absolute Gasteiger partial charge is 0.330 e. The van der Waals surface area contributed by atoms with Crippen molar-refractivity contribution in [1.29, 1.82) is 0 Å². The Bertz CT molecular complexity index is 255. The Morgan fingerprint density at radius 3 is 2.60 bits per heavy atom. The third kappa shape index (κ3) is 8.70. The van der Waals surface area contributed by atoms with Crippen LogP contribution in [-0.2, 0) is 19.1 Å². The number of carbonyl (C=O) groups is 2. The van der Waals surface area contributed by atoms with Crippen molar-refractivity contribution in [3.05, 3.63) is 24.8 Å². The summed E-state index contributed by atoms with van der Waals surface area (Å²) in [5.41, 5.74) is 0. The van der Waals surface area contributed by atoms with Crippen LogP contribution in [0.15, 0.2) is 24.8 Å². The zero-order chi connectivity index (χ0) is 11.7. The number of esters is 2. The highest BCUT2D eigenvalue weighted by Gasteiger charge is 2.00. The topological polar surface area (TPSA) is 72.8 Å². The number of carbonyl (C=O) groups excluding carboxylic acids is 2. The Hall–Kier alpha value is -1.62. The highest BCUT2D eigenvalue weighted by molar-refractivity contribution is 5.82. The Morgan fingerprint density at radius 2 is 2.07 bits per heavy atom. The molecule has 15 heavy (non-hydrogen) atoms. The summed E-state index contributed by atoms with van der Waals surface area (Å²) in [5, 5.41) is 8.80. The predicted octanol–water partition coefficient (Wildman–Crippen LogP) is 0.196. The average molecular weight is 214 g/mol. The van der Waals surface area contributed by atoms with Crippen LogP contribution in [0.3, 0.4) is 0 Å². The molecule has 0 rings (SSSR count). The minimum atomic E-state index is -0.694. The lowest BCUT2D eigenvalue weighted by atomic mass is 10.4. The minimum absolute atomic E-state index is 0.0192. The Labute approximate surface area is 88.0 Å². The van der Waals surface area contributed by atoms with E-state index >= 15 is 0 Å². The van der Waals surface area contributed by atoms with Gasteiger partial charge in [-0.05, 0) is 13.0 Å². The summed E-state index contributed by atoms with van der Waals surface area (Å²) >= 11 is 0. The molecule has 1 unspecified atom stereocenters. The van der Waals surface area contributed by atoms with Crippen LogP contribution in [0.1, 0.15) is 6.92 Å². The summed E-state index contributed by atoms with van der Waals surface area (Å²) in [6.07, 6.45) is 2.80. The van der Waals surface area contributed by atoms with Crippen LogP contribution in [0.5, 0.6) is 0 Å². The van der Waals surface area contributed by atoms with Gasteiger partial charge in [0, 0.05) is 12.2 Å². The molecule has 1 N–H and O–H groups in total. The van der Waals surface area contributed by atoms with E-state index in [9.17, 15) is 9.59 Å². The molecule has 0 aliphatic rings. The van der Waals surface area contributed by atoms with Crippen molar-refractivity contribution in [3.63, 3.8) is 0 Å². The van der Waals surface area contributed by atoms with Crippen LogP contribution in [0.2, 0.25) is 0 Å². The maximum Gasteiger partial charge on any atom is 0.330 e. The average Bonchev–Trinajstić information content (AvgIpc) is 2.21. The molecule has 0 fully saturated rings. The zero-order valence-electron chi connectivity index (χ0n) is 8.51. The fraction of sp³-hybridized carbons (Fsp3) is 0.400. The Balaban J connectivity index is 3.63. The lowest BCUT2D eigenvalue weighted by Gasteiger charge is -2.03. The van der Waals surface area contributed by atoms with Gasteiger partial charge in [-0.15, -0.1) is 0 Å². The van der Waals surface area contributed by atoms with E-state index in [1.807, 2.05) is 0 Å². The van der Waals surface area contributed by atoms with Crippen LogP contribution >= 0.6 is 0 Å². The molecular formula is C10H14O5. The Morgan fingerprint density at radius 1 is 1.40 bits per heavy atom. The molecular weight excluding hydrogens is 200 g/mol. The predicted molar refractivity (Wildman–Crippen MR) is 52.9 cm³/mol. The molecule has 0 spiro atoms. The van der Waals surface area contributed by atoms with Crippen molar-refractivity contribution >= 4 is 11.9 Å². The van der Waals surface area contributed by atoms with E-state index in [2.05, 4.69) is 16.1 Å². The molecule has 1 atom stereocenters. The van der Waals surface area contributed by atoms with E-state index in [-0.39, 0.29) is 13.2 Å². The van der Waals surface area contributed by atoms with Crippen LogP contribution in [-0.4, -0.2) is 36.4 Å². The molecule has 0 bridgehead atoms. The molecule has 0 saturated heterocycles. The molecule has 0 saturated carbocycles. The van der Waals surface area contributed by atoms with Crippen molar-refractivity contribution in [2.24, 2.45) is 0 Å². The van der Waals surface area contributed by atoms with E-state index in [1.54, 1.807) is 0 Å². The van der Waals surface area contributed by atoms with E-state index in [0.717, 1.165) is 12.2 Å². The van der Waals surface area contributed by atoms with Gasteiger partial charge in [-0.25, -0.2) is 9.59 Å². The van der Waals surface area contributed by atoms with Crippen LogP contribution < -0.4 is 0 Å². The number of hydrogen-bond acceptors (Lipinski definition) is 5. The monoisotopic (exact) mass is 214 g/mol. The number of aliphatic hydroxyl groups is 1. The van der Waals surface area contributed by atoms with Crippen LogP contribution in [0, 0.1) is 0 Å². The summed E-state index contributed by atoms with van der Waals surface area (Å²) in [5.74, 6) is -1.15. The molecule has 5 nitrogen and oxygen atoms in total. The third-order valence-electron chi connectivity index (χ3n) is 1.21. The fourth-order valence-corrected chi connectivity index (χ4v) is 0.584. The Kier molecular flexibility index (Phi) is 6.92. The maximum atomic E-state index is 10.9. The highest BCUT2D eigenvalue weighted by atomic mass is 16.5. The van der Waals surface area contributed by atoms with Gasteiger partial charge in [-0.2, -0.15) is 0 Å². The first-order chi connectivity index (χ1) is 7.06. The molecule has 5 heteroatoms. The molecule has 0 aliphatic carbocycles. The summed E-state index contributed by atoms with van der Waals surface area (Å²) in [6, 6.07) is 0. The van der Waals surface area contributed by atoms with Gasteiger partial charge in [0.05, 0.1) is 6.10 Å². The minimum Gasteiger partial charge on any atom is -0.460 e. The van der Waals surface area contributed by atoms with Crippen molar-refractivity contribution in [2.45, 2.75) is 13.0 Å². The van der Waals surface area contributed by atoms with Crippen molar-refractivity contribution in [2.75, 3.05) is 13.2 Å². The first kappa shape index (κ1) is 13.4. The fourth-order valence-electron chi connectivity index (χ4n) is 0.584. The van der Waals surface area contributed by atoms with Crippen molar-refractivity contribution < 1.29 is 24.2 Å². The number of rotatable bonds is 6. The van der Waals surface area contributed by atoms with Crippen LogP contribution in [0.4, 0.5) is 0 Å². The van der Waals surface area contributed by atoms with E-state index in [0.29, 0.717) is 0 Å². The van der Waals surface area contributed by atoms with Gasteiger partial charge in [0.15, 0.2) is 0 Å².